The SMILES string of the molecule is Cn1cc(-c2cnc(N)c3cnc(C(O)C4CCNCC4)nc23)cn1. The van der Waals surface area contributed by atoms with Crippen LogP contribution in [-0.4, -0.2) is 42.9 Å². The fraction of sp³-hybridized carbons (Fsp3) is 0.412. The maximum absolute atomic E-state index is 10.7. The van der Waals surface area contributed by atoms with E-state index in [0.29, 0.717) is 22.5 Å². The molecule has 0 radical (unpaired) electrons. The molecule has 4 heterocycles. The predicted octanol–water partition coefficient (Wildman–Crippen LogP) is 1.04. The molecule has 3 aromatic heterocycles. The molecule has 0 saturated carbocycles. The van der Waals surface area contributed by atoms with Crippen LogP contribution in [0.15, 0.2) is 24.8 Å². The van der Waals surface area contributed by atoms with Gasteiger partial charge in [0.25, 0.3) is 0 Å². The number of piperidine rings is 1. The van der Waals surface area contributed by atoms with Crippen molar-refractivity contribution >= 4 is 16.7 Å². The standard InChI is InChI=1S/C17H21N7O/c1-24-9-11(6-22-24)12-7-20-16(18)13-8-21-17(23-14(12)13)15(25)10-2-4-19-5-3-10/h6-10,15,19,25H,2-5H2,1H3,(H2,18,20). The third-order valence-corrected chi connectivity index (χ3v) is 4.78. The largest absolute Gasteiger partial charge is 0.385 e. The van der Waals surface area contributed by atoms with Crippen LogP contribution in [0.3, 0.4) is 0 Å². The second-order valence-corrected chi connectivity index (χ2v) is 6.48. The summed E-state index contributed by atoms with van der Waals surface area (Å²) in [6.07, 6.45) is 8.16. The third kappa shape index (κ3) is 2.94. The second kappa shape index (κ2) is 6.38. The first-order valence-corrected chi connectivity index (χ1v) is 8.42. The van der Waals surface area contributed by atoms with Crippen LogP contribution in [0.5, 0.6) is 0 Å². The summed E-state index contributed by atoms with van der Waals surface area (Å²) in [5, 5.41) is 18.9. The van der Waals surface area contributed by atoms with E-state index < -0.39 is 6.10 Å². The molecule has 1 fully saturated rings. The van der Waals surface area contributed by atoms with Crippen LogP contribution < -0.4 is 11.1 Å². The number of hydrogen-bond acceptors (Lipinski definition) is 7. The Morgan fingerprint density at radius 1 is 1.24 bits per heavy atom. The Morgan fingerprint density at radius 3 is 2.76 bits per heavy atom. The van der Waals surface area contributed by atoms with Crippen LogP contribution >= 0.6 is 0 Å². The molecule has 25 heavy (non-hydrogen) atoms. The molecule has 1 aliphatic rings. The number of nitrogens with one attached hydrogen (secondary N) is 1. The Kier molecular flexibility index (Phi) is 4.06. The van der Waals surface area contributed by atoms with Crippen LogP contribution in [-0.2, 0) is 7.05 Å². The zero-order chi connectivity index (χ0) is 17.4. The number of aliphatic hydroxyl groups is 1. The van der Waals surface area contributed by atoms with E-state index in [9.17, 15) is 5.11 Å². The highest BCUT2D eigenvalue weighted by Crippen LogP contribution is 2.31. The number of anilines is 1. The number of nitrogens with zero attached hydrogens (tertiary/aromatic N) is 5. The summed E-state index contributed by atoms with van der Waals surface area (Å²) in [5.74, 6) is 0.986. The lowest BCUT2D eigenvalue weighted by molar-refractivity contribution is 0.0814. The van der Waals surface area contributed by atoms with Crippen molar-refractivity contribution < 1.29 is 5.11 Å². The zero-order valence-corrected chi connectivity index (χ0v) is 14.1. The molecule has 0 aliphatic carbocycles. The number of aromatic nitrogens is 5. The van der Waals surface area contributed by atoms with Crippen molar-refractivity contribution in [3.05, 3.63) is 30.6 Å². The Hall–Kier alpha value is -2.58. The minimum Gasteiger partial charge on any atom is -0.385 e. The molecule has 1 atom stereocenters. The molecule has 130 valence electrons. The average molecular weight is 339 g/mol. The third-order valence-electron chi connectivity index (χ3n) is 4.78. The summed E-state index contributed by atoms with van der Waals surface area (Å²) in [6.45, 7) is 1.82. The van der Waals surface area contributed by atoms with Crippen molar-refractivity contribution in [2.24, 2.45) is 13.0 Å². The van der Waals surface area contributed by atoms with Crippen LogP contribution in [0.2, 0.25) is 0 Å². The van der Waals surface area contributed by atoms with Crippen LogP contribution in [0.25, 0.3) is 22.0 Å². The Morgan fingerprint density at radius 2 is 2.04 bits per heavy atom. The summed E-state index contributed by atoms with van der Waals surface area (Å²) in [4.78, 5) is 13.3. The monoisotopic (exact) mass is 339 g/mol. The van der Waals surface area contributed by atoms with E-state index in [4.69, 9.17) is 5.73 Å². The van der Waals surface area contributed by atoms with Crippen molar-refractivity contribution in [2.45, 2.75) is 18.9 Å². The van der Waals surface area contributed by atoms with Gasteiger partial charge in [-0.05, 0) is 31.8 Å². The van der Waals surface area contributed by atoms with E-state index in [1.165, 1.54) is 0 Å². The van der Waals surface area contributed by atoms with Crippen molar-refractivity contribution in [1.29, 1.82) is 0 Å². The first-order valence-electron chi connectivity index (χ1n) is 8.42. The van der Waals surface area contributed by atoms with E-state index in [-0.39, 0.29) is 5.92 Å². The highest BCUT2D eigenvalue weighted by molar-refractivity contribution is 5.97. The minimum atomic E-state index is -0.678. The topological polar surface area (TPSA) is 115 Å². The Labute approximate surface area is 145 Å². The average Bonchev–Trinajstić information content (AvgIpc) is 3.08. The maximum atomic E-state index is 10.7. The lowest BCUT2D eigenvalue weighted by Crippen LogP contribution is -2.31. The number of pyridine rings is 1. The van der Waals surface area contributed by atoms with E-state index in [2.05, 4.69) is 25.4 Å². The van der Waals surface area contributed by atoms with Gasteiger partial charge in [-0.2, -0.15) is 5.10 Å². The smallest absolute Gasteiger partial charge is 0.157 e. The fourth-order valence-electron chi connectivity index (χ4n) is 3.34. The molecule has 0 amide bonds. The normalized spacial score (nSPS) is 17.0. The highest BCUT2D eigenvalue weighted by atomic mass is 16.3. The van der Waals surface area contributed by atoms with Gasteiger partial charge in [-0.3, -0.25) is 4.68 Å². The Balaban J connectivity index is 1.80. The summed E-state index contributed by atoms with van der Waals surface area (Å²) in [5.41, 5.74) is 8.42. The number of rotatable bonds is 3. The Bertz CT molecular complexity index is 901. The van der Waals surface area contributed by atoms with Gasteiger partial charge in [0.1, 0.15) is 11.9 Å². The van der Waals surface area contributed by atoms with Crippen LogP contribution in [0, 0.1) is 5.92 Å². The van der Waals surface area contributed by atoms with E-state index in [1.54, 1.807) is 23.3 Å². The van der Waals surface area contributed by atoms with Gasteiger partial charge < -0.3 is 16.2 Å². The lowest BCUT2D eigenvalue weighted by atomic mass is 9.91. The van der Waals surface area contributed by atoms with Crippen molar-refractivity contribution in [2.75, 3.05) is 18.8 Å². The summed E-state index contributed by atoms with van der Waals surface area (Å²) >= 11 is 0. The predicted molar refractivity (Wildman–Crippen MR) is 94.5 cm³/mol. The van der Waals surface area contributed by atoms with Gasteiger partial charge in [-0.25, -0.2) is 15.0 Å². The molecular weight excluding hydrogens is 318 g/mol. The molecule has 0 bridgehead atoms. The molecule has 8 nitrogen and oxygen atoms in total. The fourth-order valence-corrected chi connectivity index (χ4v) is 3.34. The number of aryl methyl sites for hydroxylation is 1. The molecule has 4 rings (SSSR count). The lowest BCUT2D eigenvalue weighted by Gasteiger charge is -2.26. The van der Waals surface area contributed by atoms with E-state index in [0.717, 1.165) is 37.1 Å². The van der Waals surface area contributed by atoms with Crippen molar-refractivity contribution in [3.63, 3.8) is 0 Å². The number of nitrogen functional groups attached to an aromatic ring is 1. The molecule has 0 spiro atoms. The minimum absolute atomic E-state index is 0.166. The molecule has 3 aromatic rings. The molecule has 8 heteroatoms. The summed E-state index contributed by atoms with van der Waals surface area (Å²) in [6, 6.07) is 0. The second-order valence-electron chi connectivity index (χ2n) is 6.48. The zero-order valence-electron chi connectivity index (χ0n) is 14.1. The first-order chi connectivity index (χ1) is 12.1. The van der Waals surface area contributed by atoms with E-state index in [1.807, 2.05) is 13.2 Å². The van der Waals surface area contributed by atoms with Gasteiger partial charge in [0.05, 0.1) is 17.1 Å². The van der Waals surface area contributed by atoms with Gasteiger partial charge in [-0.15, -0.1) is 0 Å². The molecule has 0 aromatic carbocycles. The molecule has 4 N–H and O–H groups in total. The molecule has 1 unspecified atom stereocenters. The van der Waals surface area contributed by atoms with E-state index >= 15 is 0 Å². The number of aliphatic hydroxyl groups excluding tert-OH is 1. The van der Waals surface area contributed by atoms with Crippen LogP contribution in [0.1, 0.15) is 24.8 Å². The maximum Gasteiger partial charge on any atom is 0.157 e. The van der Waals surface area contributed by atoms with Gasteiger partial charge in [0.15, 0.2) is 5.82 Å². The molecule has 1 aliphatic heterocycles. The summed E-state index contributed by atoms with van der Waals surface area (Å²) < 4.78 is 1.73. The van der Waals surface area contributed by atoms with Gasteiger partial charge in [-0.1, -0.05) is 0 Å². The first kappa shape index (κ1) is 15.9. The highest BCUT2D eigenvalue weighted by Gasteiger charge is 2.25. The van der Waals surface area contributed by atoms with Gasteiger partial charge >= 0.3 is 0 Å². The number of nitrogens with two attached hydrogens (primary N) is 1. The van der Waals surface area contributed by atoms with Gasteiger partial charge in [0, 0.05) is 36.8 Å². The van der Waals surface area contributed by atoms with Gasteiger partial charge in [0.2, 0.25) is 0 Å². The number of hydrogen-bond donors (Lipinski definition) is 3. The summed E-state index contributed by atoms with van der Waals surface area (Å²) in [7, 11) is 1.86. The van der Waals surface area contributed by atoms with Crippen LogP contribution in [0.4, 0.5) is 5.82 Å². The number of fused-ring (bicyclic) bond motifs is 1. The van der Waals surface area contributed by atoms with Crippen molar-refractivity contribution in [3.8, 4) is 11.1 Å². The quantitative estimate of drug-likeness (QED) is 0.653. The molecular formula is C17H21N7O. The van der Waals surface area contributed by atoms with Crippen molar-refractivity contribution in [1.82, 2.24) is 30.0 Å². The molecule has 1 saturated heterocycles.